The van der Waals surface area contributed by atoms with Gasteiger partial charge in [0.05, 0.1) is 5.69 Å². The van der Waals surface area contributed by atoms with Gasteiger partial charge in [0.15, 0.2) is 0 Å². The number of likely N-dealkylation sites (tertiary alicyclic amines) is 1. The molecule has 6 nitrogen and oxygen atoms in total. The van der Waals surface area contributed by atoms with E-state index in [2.05, 4.69) is 23.7 Å². The number of hydrogen-bond acceptors (Lipinski definition) is 5. The third-order valence-corrected chi connectivity index (χ3v) is 8.42. The standard InChI is InChI=1S/C26H35FN4O2S/c1-4-11-29-14-16-31(17-15-29)25(32)18(2)20-9-12-30(13-10-20)26(33)23-19(3)28-24(34-23)21-5-7-22(27)8-6-21/h5-8,18,20H,4,9-17H2,1-3H3/t18-/m0/s1. The summed E-state index contributed by atoms with van der Waals surface area (Å²) in [7, 11) is 0. The van der Waals surface area contributed by atoms with E-state index in [1.807, 2.05) is 16.7 Å². The van der Waals surface area contributed by atoms with Crippen LogP contribution in [0.3, 0.4) is 0 Å². The van der Waals surface area contributed by atoms with Gasteiger partial charge >= 0.3 is 0 Å². The summed E-state index contributed by atoms with van der Waals surface area (Å²) in [6.07, 6.45) is 2.84. The number of nitrogens with zero attached hydrogens (tertiary/aromatic N) is 4. The lowest BCUT2D eigenvalue weighted by atomic mass is 9.84. The van der Waals surface area contributed by atoms with Gasteiger partial charge in [-0.25, -0.2) is 9.37 Å². The molecule has 2 aliphatic heterocycles. The maximum Gasteiger partial charge on any atom is 0.265 e. The highest BCUT2D eigenvalue weighted by Gasteiger charge is 2.34. The van der Waals surface area contributed by atoms with Crippen LogP contribution in [0.4, 0.5) is 4.39 Å². The Balaban J connectivity index is 1.32. The number of benzene rings is 1. The minimum atomic E-state index is -0.289. The first-order valence-electron chi connectivity index (χ1n) is 12.4. The second kappa shape index (κ2) is 11.0. The Kier molecular flexibility index (Phi) is 7.99. The zero-order valence-corrected chi connectivity index (χ0v) is 21.2. The Bertz CT molecular complexity index is 993. The minimum absolute atomic E-state index is 0.00726. The van der Waals surface area contributed by atoms with Crippen molar-refractivity contribution >= 4 is 23.2 Å². The smallest absolute Gasteiger partial charge is 0.265 e. The number of carbonyl (C=O) groups is 2. The van der Waals surface area contributed by atoms with Crippen LogP contribution < -0.4 is 0 Å². The molecule has 2 fully saturated rings. The van der Waals surface area contributed by atoms with Crippen molar-refractivity contribution in [1.29, 1.82) is 0 Å². The van der Waals surface area contributed by atoms with E-state index >= 15 is 0 Å². The fourth-order valence-corrected chi connectivity index (χ4v) is 6.09. The molecule has 2 saturated heterocycles. The Labute approximate surface area is 205 Å². The average Bonchev–Trinajstić information content (AvgIpc) is 3.25. The number of aryl methyl sites for hydroxylation is 1. The predicted octanol–water partition coefficient (Wildman–Crippen LogP) is 4.30. The summed E-state index contributed by atoms with van der Waals surface area (Å²) in [5.74, 6) is 0.284. The summed E-state index contributed by atoms with van der Waals surface area (Å²) in [6.45, 7) is 12.1. The number of halogens is 1. The highest BCUT2D eigenvalue weighted by Crippen LogP contribution is 2.32. The molecule has 1 aromatic heterocycles. The molecule has 34 heavy (non-hydrogen) atoms. The first-order valence-corrected chi connectivity index (χ1v) is 13.2. The van der Waals surface area contributed by atoms with Crippen molar-refractivity contribution in [3.05, 3.63) is 40.7 Å². The van der Waals surface area contributed by atoms with Gasteiger partial charge in [-0.1, -0.05) is 13.8 Å². The summed E-state index contributed by atoms with van der Waals surface area (Å²) in [4.78, 5) is 37.9. The zero-order chi connectivity index (χ0) is 24.2. The molecular formula is C26H35FN4O2S. The van der Waals surface area contributed by atoms with Gasteiger partial charge in [-0.3, -0.25) is 14.5 Å². The molecule has 0 radical (unpaired) electrons. The SMILES string of the molecule is CCCN1CCN(C(=O)[C@@H](C)C2CCN(C(=O)c3sc(-c4ccc(F)cc4)nc3C)CC2)CC1. The van der Waals surface area contributed by atoms with E-state index in [0.717, 1.165) is 62.6 Å². The van der Waals surface area contributed by atoms with Gasteiger partial charge < -0.3 is 9.80 Å². The summed E-state index contributed by atoms with van der Waals surface area (Å²) in [5, 5.41) is 0.731. The number of piperidine rings is 1. The van der Waals surface area contributed by atoms with Crippen molar-refractivity contribution in [2.24, 2.45) is 11.8 Å². The van der Waals surface area contributed by atoms with Crippen molar-refractivity contribution in [2.75, 3.05) is 45.8 Å². The lowest BCUT2D eigenvalue weighted by molar-refractivity contribution is -0.139. The third-order valence-electron chi connectivity index (χ3n) is 7.23. The van der Waals surface area contributed by atoms with E-state index in [0.29, 0.717) is 29.6 Å². The van der Waals surface area contributed by atoms with Crippen molar-refractivity contribution < 1.29 is 14.0 Å². The van der Waals surface area contributed by atoms with E-state index in [-0.39, 0.29) is 23.5 Å². The lowest BCUT2D eigenvalue weighted by Gasteiger charge is -2.39. The molecule has 184 valence electrons. The average molecular weight is 487 g/mol. The predicted molar refractivity (Wildman–Crippen MR) is 133 cm³/mol. The molecule has 0 saturated carbocycles. The topological polar surface area (TPSA) is 56.8 Å². The van der Waals surface area contributed by atoms with Gasteiger partial charge in [0.1, 0.15) is 15.7 Å². The fraction of sp³-hybridized carbons (Fsp3) is 0.577. The molecule has 8 heteroatoms. The van der Waals surface area contributed by atoms with Crippen molar-refractivity contribution in [2.45, 2.75) is 40.0 Å². The number of rotatable bonds is 6. The first-order chi connectivity index (χ1) is 16.4. The lowest BCUT2D eigenvalue weighted by Crippen LogP contribution is -2.51. The summed E-state index contributed by atoms with van der Waals surface area (Å²) >= 11 is 1.37. The van der Waals surface area contributed by atoms with Crippen LogP contribution >= 0.6 is 11.3 Å². The van der Waals surface area contributed by atoms with Crippen LogP contribution in [0.2, 0.25) is 0 Å². The van der Waals surface area contributed by atoms with Gasteiger partial charge in [-0.15, -0.1) is 11.3 Å². The number of aromatic nitrogens is 1. The number of carbonyl (C=O) groups excluding carboxylic acids is 2. The van der Waals surface area contributed by atoms with Gasteiger partial charge in [0.2, 0.25) is 5.91 Å². The molecule has 0 aliphatic carbocycles. The Hall–Kier alpha value is -2.32. The third kappa shape index (κ3) is 5.49. The number of piperazine rings is 1. The largest absolute Gasteiger partial charge is 0.340 e. The van der Waals surface area contributed by atoms with E-state index in [4.69, 9.17) is 0 Å². The molecular weight excluding hydrogens is 451 g/mol. The second-order valence-corrected chi connectivity index (χ2v) is 10.5. The van der Waals surface area contributed by atoms with Gasteiger partial charge in [-0.2, -0.15) is 0 Å². The quantitative estimate of drug-likeness (QED) is 0.611. The van der Waals surface area contributed by atoms with Crippen LogP contribution in [0, 0.1) is 24.6 Å². The van der Waals surface area contributed by atoms with Crippen molar-refractivity contribution in [3.63, 3.8) is 0 Å². The Morgan fingerprint density at radius 3 is 2.32 bits per heavy atom. The van der Waals surface area contributed by atoms with E-state index in [9.17, 15) is 14.0 Å². The van der Waals surface area contributed by atoms with Gasteiger partial charge in [0, 0.05) is 50.7 Å². The maximum absolute atomic E-state index is 13.2. The van der Waals surface area contributed by atoms with Crippen LogP contribution in [0.1, 0.15) is 48.5 Å². The highest BCUT2D eigenvalue weighted by atomic mass is 32.1. The fourth-order valence-electron chi connectivity index (χ4n) is 5.05. The molecule has 3 heterocycles. The second-order valence-electron chi connectivity index (χ2n) is 9.53. The van der Waals surface area contributed by atoms with E-state index in [1.165, 1.54) is 23.5 Å². The van der Waals surface area contributed by atoms with Gasteiger partial charge in [-0.05, 0) is 62.9 Å². The van der Waals surface area contributed by atoms with E-state index in [1.54, 1.807) is 12.1 Å². The highest BCUT2D eigenvalue weighted by molar-refractivity contribution is 7.17. The number of hydrogen-bond donors (Lipinski definition) is 0. The number of thiazole rings is 1. The van der Waals surface area contributed by atoms with Crippen LogP contribution in [0.15, 0.2) is 24.3 Å². The number of amides is 2. The van der Waals surface area contributed by atoms with Gasteiger partial charge in [0.25, 0.3) is 5.91 Å². The van der Waals surface area contributed by atoms with Crippen LogP contribution in [0.5, 0.6) is 0 Å². The van der Waals surface area contributed by atoms with Crippen LogP contribution in [-0.4, -0.2) is 77.3 Å². The zero-order valence-electron chi connectivity index (χ0n) is 20.4. The molecule has 0 unspecified atom stereocenters. The van der Waals surface area contributed by atoms with E-state index < -0.39 is 0 Å². The molecule has 1 atom stereocenters. The summed E-state index contributed by atoms with van der Waals surface area (Å²) in [6, 6.07) is 6.20. The molecule has 1 aromatic carbocycles. The molecule has 2 amide bonds. The van der Waals surface area contributed by atoms with Crippen LogP contribution in [-0.2, 0) is 4.79 Å². The molecule has 0 bridgehead atoms. The normalized spacial score (nSPS) is 18.8. The summed E-state index contributed by atoms with van der Waals surface area (Å²) in [5.41, 5.74) is 1.53. The Morgan fingerprint density at radius 2 is 1.71 bits per heavy atom. The molecule has 0 spiro atoms. The minimum Gasteiger partial charge on any atom is -0.340 e. The Morgan fingerprint density at radius 1 is 1.06 bits per heavy atom. The summed E-state index contributed by atoms with van der Waals surface area (Å²) < 4.78 is 13.2. The first kappa shape index (κ1) is 24.8. The molecule has 0 N–H and O–H groups in total. The van der Waals surface area contributed by atoms with Crippen LogP contribution in [0.25, 0.3) is 10.6 Å². The monoisotopic (exact) mass is 486 g/mol. The van der Waals surface area contributed by atoms with Crippen molar-refractivity contribution in [3.8, 4) is 10.6 Å². The molecule has 2 aromatic rings. The molecule has 4 rings (SSSR count). The maximum atomic E-state index is 13.2. The molecule has 2 aliphatic rings. The van der Waals surface area contributed by atoms with Crippen molar-refractivity contribution in [1.82, 2.24) is 19.7 Å².